The van der Waals surface area contributed by atoms with E-state index in [0.717, 1.165) is 25.2 Å². The molecule has 0 aromatic heterocycles. The number of benzene rings is 1. The topological polar surface area (TPSA) is 32.3 Å². The average molecular weight is 246 g/mol. The van der Waals surface area contributed by atoms with Gasteiger partial charge >= 0.3 is 0 Å². The van der Waals surface area contributed by atoms with E-state index in [1.54, 1.807) is 0 Å². The first kappa shape index (κ1) is 13.1. The van der Waals surface area contributed by atoms with Gasteiger partial charge in [0.1, 0.15) is 6.04 Å². The summed E-state index contributed by atoms with van der Waals surface area (Å²) in [4.78, 5) is 14.3. The van der Waals surface area contributed by atoms with E-state index < -0.39 is 0 Å². The number of carbonyl (C=O) groups is 1. The van der Waals surface area contributed by atoms with Crippen LogP contribution in [0.5, 0.6) is 0 Å². The standard InChI is InChI=1S/C15H22N2O/c1-4-17-10-9-16-14(15(17)18)13-8-6-5-7-12(13)11(2)3/h5-8,11,14,16H,4,9-10H2,1-3H3. The molecule has 1 aromatic carbocycles. The molecule has 0 radical (unpaired) electrons. The highest BCUT2D eigenvalue weighted by molar-refractivity contribution is 5.84. The van der Waals surface area contributed by atoms with E-state index in [4.69, 9.17) is 0 Å². The lowest BCUT2D eigenvalue weighted by molar-refractivity contribution is -0.135. The number of amides is 1. The van der Waals surface area contributed by atoms with Gasteiger partial charge in [-0.25, -0.2) is 0 Å². The molecule has 18 heavy (non-hydrogen) atoms. The van der Waals surface area contributed by atoms with Gasteiger partial charge < -0.3 is 10.2 Å². The molecule has 1 atom stereocenters. The SMILES string of the molecule is CCN1CCNC(c2ccccc2C(C)C)C1=O. The summed E-state index contributed by atoms with van der Waals surface area (Å²) in [6.07, 6.45) is 0. The van der Waals surface area contributed by atoms with E-state index in [9.17, 15) is 4.79 Å². The predicted molar refractivity (Wildman–Crippen MR) is 73.5 cm³/mol. The molecule has 1 aromatic rings. The Hall–Kier alpha value is -1.35. The molecule has 2 rings (SSSR count). The maximum Gasteiger partial charge on any atom is 0.244 e. The van der Waals surface area contributed by atoms with Crippen molar-refractivity contribution in [2.45, 2.75) is 32.7 Å². The van der Waals surface area contributed by atoms with Crippen LogP contribution in [-0.2, 0) is 4.79 Å². The number of hydrogen-bond donors (Lipinski definition) is 1. The van der Waals surface area contributed by atoms with Crippen LogP contribution in [0.4, 0.5) is 0 Å². The smallest absolute Gasteiger partial charge is 0.244 e. The summed E-state index contributed by atoms with van der Waals surface area (Å²) < 4.78 is 0. The van der Waals surface area contributed by atoms with Crippen LogP contribution in [0.15, 0.2) is 24.3 Å². The largest absolute Gasteiger partial charge is 0.340 e. The van der Waals surface area contributed by atoms with Crippen molar-refractivity contribution in [3.8, 4) is 0 Å². The molecule has 0 saturated carbocycles. The van der Waals surface area contributed by atoms with Crippen LogP contribution in [0, 0.1) is 0 Å². The van der Waals surface area contributed by atoms with E-state index >= 15 is 0 Å². The van der Waals surface area contributed by atoms with Crippen molar-refractivity contribution in [3.63, 3.8) is 0 Å². The summed E-state index contributed by atoms with van der Waals surface area (Å²) in [5.41, 5.74) is 2.40. The van der Waals surface area contributed by atoms with E-state index in [0.29, 0.717) is 5.92 Å². The second-order valence-electron chi connectivity index (χ2n) is 5.09. The zero-order valence-electron chi connectivity index (χ0n) is 11.4. The molecule has 0 aliphatic carbocycles. The summed E-state index contributed by atoms with van der Waals surface area (Å²) in [6.45, 7) is 8.86. The van der Waals surface area contributed by atoms with E-state index in [-0.39, 0.29) is 11.9 Å². The summed E-state index contributed by atoms with van der Waals surface area (Å²) in [7, 11) is 0. The van der Waals surface area contributed by atoms with Gasteiger partial charge in [-0.15, -0.1) is 0 Å². The first-order chi connectivity index (χ1) is 8.65. The molecule has 1 amide bonds. The van der Waals surface area contributed by atoms with Crippen LogP contribution >= 0.6 is 0 Å². The monoisotopic (exact) mass is 246 g/mol. The van der Waals surface area contributed by atoms with Crippen molar-refractivity contribution in [1.82, 2.24) is 10.2 Å². The number of piperazine rings is 1. The molecule has 1 aliphatic rings. The molecule has 98 valence electrons. The maximum atomic E-state index is 12.4. The van der Waals surface area contributed by atoms with Crippen molar-refractivity contribution in [2.24, 2.45) is 0 Å². The number of carbonyl (C=O) groups excluding carboxylic acids is 1. The Morgan fingerprint density at radius 2 is 2.11 bits per heavy atom. The Balaban J connectivity index is 2.33. The van der Waals surface area contributed by atoms with Crippen LogP contribution in [-0.4, -0.2) is 30.4 Å². The van der Waals surface area contributed by atoms with Gasteiger partial charge in [0, 0.05) is 19.6 Å². The van der Waals surface area contributed by atoms with Crippen molar-refractivity contribution >= 4 is 5.91 Å². The van der Waals surface area contributed by atoms with Gasteiger partial charge in [0.05, 0.1) is 0 Å². The lowest BCUT2D eigenvalue weighted by Crippen LogP contribution is -2.50. The molecular formula is C15H22N2O. The first-order valence-corrected chi connectivity index (χ1v) is 6.76. The van der Waals surface area contributed by atoms with Crippen LogP contribution in [0.2, 0.25) is 0 Å². The minimum absolute atomic E-state index is 0.169. The second kappa shape index (κ2) is 5.53. The lowest BCUT2D eigenvalue weighted by atomic mass is 9.91. The Bertz CT molecular complexity index is 428. The van der Waals surface area contributed by atoms with Gasteiger partial charge in [-0.05, 0) is 24.0 Å². The van der Waals surface area contributed by atoms with Crippen molar-refractivity contribution in [1.29, 1.82) is 0 Å². The first-order valence-electron chi connectivity index (χ1n) is 6.76. The van der Waals surface area contributed by atoms with Gasteiger partial charge in [-0.3, -0.25) is 4.79 Å². The molecule has 1 N–H and O–H groups in total. The molecule has 1 aliphatic heterocycles. The van der Waals surface area contributed by atoms with Gasteiger partial charge in [0.25, 0.3) is 0 Å². The molecule has 1 saturated heterocycles. The fraction of sp³-hybridized carbons (Fsp3) is 0.533. The number of hydrogen-bond acceptors (Lipinski definition) is 2. The lowest BCUT2D eigenvalue weighted by Gasteiger charge is -2.33. The molecule has 0 bridgehead atoms. The fourth-order valence-electron chi connectivity index (χ4n) is 2.58. The number of nitrogens with one attached hydrogen (secondary N) is 1. The van der Waals surface area contributed by atoms with Crippen LogP contribution in [0.25, 0.3) is 0 Å². The minimum Gasteiger partial charge on any atom is -0.340 e. The van der Waals surface area contributed by atoms with Crippen LogP contribution in [0.1, 0.15) is 43.9 Å². The number of rotatable bonds is 3. The summed E-state index contributed by atoms with van der Waals surface area (Å²) in [5, 5.41) is 3.35. The molecule has 3 heteroatoms. The minimum atomic E-state index is -0.169. The van der Waals surface area contributed by atoms with Gasteiger partial charge in [-0.1, -0.05) is 38.1 Å². The molecule has 1 fully saturated rings. The Kier molecular flexibility index (Phi) is 4.02. The molecule has 3 nitrogen and oxygen atoms in total. The van der Waals surface area contributed by atoms with Gasteiger partial charge in [0.15, 0.2) is 0 Å². The Morgan fingerprint density at radius 3 is 2.78 bits per heavy atom. The second-order valence-corrected chi connectivity index (χ2v) is 5.09. The average Bonchev–Trinajstić information content (AvgIpc) is 2.39. The van der Waals surface area contributed by atoms with Crippen molar-refractivity contribution in [2.75, 3.05) is 19.6 Å². The third kappa shape index (κ3) is 2.41. The van der Waals surface area contributed by atoms with Crippen molar-refractivity contribution < 1.29 is 4.79 Å². The maximum absolute atomic E-state index is 12.4. The number of nitrogens with zero attached hydrogens (tertiary/aromatic N) is 1. The third-order valence-corrected chi connectivity index (χ3v) is 3.60. The Morgan fingerprint density at radius 1 is 1.39 bits per heavy atom. The molecular weight excluding hydrogens is 224 g/mol. The quantitative estimate of drug-likeness (QED) is 0.887. The predicted octanol–water partition coefficient (Wildman–Crippen LogP) is 2.30. The van der Waals surface area contributed by atoms with Crippen LogP contribution in [0.3, 0.4) is 0 Å². The zero-order valence-corrected chi connectivity index (χ0v) is 11.4. The molecule has 0 spiro atoms. The normalized spacial score (nSPS) is 20.6. The third-order valence-electron chi connectivity index (χ3n) is 3.60. The Labute approximate surface area is 109 Å². The van der Waals surface area contributed by atoms with Gasteiger partial charge in [-0.2, -0.15) is 0 Å². The summed E-state index contributed by atoms with van der Waals surface area (Å²) in [5.74, 6) is 0.643. The van der Waals surface area contributed by atoms with Crippen LogP contribution < -0.4 is 5.32 Å². The van der Waals surface area contributed by atoms with E-state index in [1.165, 1.54) is 5.56 Å². The van der Waals surface area contributed by atoms with E-state index in [1.807, 2.05) is 24.0 Å². The fourth-order valence-corrected chi connectivity index (χ4v) is 2.58. The summed E-state index contributed by atoms with van der Waals surface area (Å²) >= 11 is 0. The summed E-state index contributed by atoms with van der Waals surface area (Å²) in [6, 6.07) is 8.09. The van der Waals surface area contributed by atoms with Crippen molar-refractivity contribution in [3.05, 3.63) is 35.4 Å². The van der Waals surface area contributed by atoms with E-state index in [2.05, 4.69) is 31.3 Å². The highest BCUT2D eigenvalue weighted by Gasteiger charge is 2.30. The van der Waals surface area contributed by atoms with Gasteiger partial charge in [0.2, 0.25) is 5.91 Å². The zero-order chi connectivity index (χ0) is 13.1. The molecule has 1 unspecified atom stereocenters. The number of likely N-dealkylation sites (N-methyl/N-ethyl adjacent to an activating group) is 1. The highest BCUT2D eigenvalue weighted by Crippen LogP contribution is 2.27. The highest BCUT2D eigenvalue weighted by atomic mass is 16.2. The molecule has 1 heterocycles.